The molecule has 44 heavy (non-hydrogen) atoms. The molecule has 3 heterocycles. The van der Waals surface area contributed by atoms with Crippen LogP contribution in [0.25, 0.3) is 12.2 Å². The molecule has 3 nitrogen and oxygen atoms in total. The van der Waals surface area contributed by atoms with Crippen LogP contribution in [0.4, 0.5) is 11.4 Å². The van der Waals surface area contributed by atoms with Crippen LogP contribution in [-0.4, -0.2) is 13.2 Å². The molecule has 1 fully saturated rings. The second-order valence-electron chi connectivity index (χ2n) is 10.2. The summed E-state index contributed by atoms with van der Waals surface area (Å²) in [5.41, 5.74) is 5.49. The van der Waals surface area contributed by atoms with Gasteiger partial charge in [-0.1, -0.05) is 0 Å². The molecule has 219 valence electrons. The van der Waals surface area contributed by atoms with Crippen LogP contribution in [0.15, 0.2) is 146 Å². The van der Waals surface area contributed by atoms with E-state index in [-0.39, 0.29) is 0 Å². The second kappa shape index (κ2) is 14.2. The van der Waals surface area contributed by atoms with Crippen LogP contribution in [0.5, 0.6) is 0 Å². The van der Waals surface area contributed by atoms with E-state index in [1.807, 2.05) is 6.92 Å². The number of ether oxygens (including phenoxy) is 1. The topological polar surface area (TPSA) is 34.0 Å². The number of rotatable bonds is 8. The average Bonchev–Trinajstić information content (AvgIpc) is 3.82. The van der Waals surface area contributed by atoms with Crippen molar-refractivity contribution in [1.29, 1.82) is 0 Å². The quantitative estimate of drug-likeness (QED) is 0.114. The van der Waals surface area contributed by atoms with Crippen molar-refractivity contribution in [3.8, 4) is 4.37 Å². The molecule has 2 aliphatic heterocycles. The Morgan fingerprint density at radius 3 is 1.80 bits per heavy atom. The van der Waals surface area contributed by atoms with E-state index in [9.17, 15) is 0 Å². The molecule has 1 saturated heterocycles. The van der Waals surface area contributed by atoms with Crippen LogP contribution >= 0.6 is 18.6 Å². The molecule has 1 aromatic heterocycles. The van der Waals surface area contributed by atoms with Crippen molar-refractivity contribution in [2.24, 2.45) is 8.73 Å². The van der Waals surface area contributed by atoms with Crippen LogP contribution < -0.4 is 15.9 Å². The monoisotopic (exact) mass is 806 g/mol. The van der Waals surface area contributed by atoms with Crippen LogP contribution in [0.1, 0.15) is 23.6 Å². The average molecular weight is 805 g/mol. The summed E-state index contributed by atoms with van der Waals surface area (Å²) in [6.07, 6.45) is 13.2. The summed E-state index contributed by atoms with van der Waals surface area (Å²) in [6, 6.07) is 32.9. The van der Waals surface area contributed by atoms with Gasteiger partial charge in [-0.3, -0.25) is 0 Å². The van der Waals surface area contributed by atoms with Crippen molar-refractivity contribution in [2.75, 3.05) is 13.2 Å². The SMILES string of the molecule is CC=C1COCC1=CC(/C=C/c1sc(/C=C/C)c2c1N=S=N2)=C([C]#[Os])[P+](c1ccccc1)(c1ccccc1)c1ccccc1. The van der Waals surface area contributed by atoms with Gasteiger partial charge in [0.15, 0.2) is 0 Å². The number of allylic oxidation sites excluding steroid dienone is 6. The third-order valence-electron chi connectivity index (χ3n) is 7.64. The first kappa shape index (κ1) is 30.7. The molecule has 0 unspecified atom stereocenters. The van der Waals surface area contributed by atoms with E-state index in [4.69, 9.17) is 4.74 Å². The van der Waals surface area contributed by atoms with Crippen LogP contribution in [0.2, 0.25) is 0 Å². The zero-order valence-electron chi connectivity index (χ0n) is 24.5. The number of thiophene rings is 1. The maximum atomic E-state index is 5.94. The Hall–Kier alpha value is -3.31. The maximum absolute atomic E-state index is 5.94. The zero-order chi connectivity index (χ0) is 30.4. The normalized spacial score (nSPS) is 17.0. The second-order valence-corrected chi connectivity index (χ2v) is 15.8. The summed E-state index contributed by atoms with van der Waals surface area (Å²) in [5, 5.41) is 5.08. The minimum absolute atomic E-state index is 0.592. The Labute approximate surface area is 277 Å². The van der Waals surface area contributed by atoms with Crippen molar-refractivity contribution in [3.05, 3.63) is 147 Å². The summed E-state index contributed by atoms with van der Waals surface area (Å²) >= 11 is 4.80. The predicted octanol–water partition coefficient (Wildman–Crippen LogP) is 9.18. The molecule has 0 bridgehead atoms. The standard InChI is InChI=1S/C37H31N2OPS2.Os/c1-4-15-34-36-37(39-43-38-36)35(42-34)23-22-29(24-30-26-40-25-28(30)5-2)27(3)41(31-16-9-6-10-17-31,32-18-11-7-12-19-32)33-20-13-8-14-21-33;/h4-24H,25-26H2,1-2H3;/q+1;/b15-4+,23-22+,28-5?,29-27?,30-24?;. The van der Waals surface area contributed by atoms with Gasteiger partial charge in [-0.25, -0.2) is 0 Å². The van der Waals surface area contributed by atoms with Crippen LogP contribution in [0.3, 0.4) is 0 Å². The molecule has 2 aliphatic rings. The van der Waals surface area contributed by atoms with Gasteiger partial charge in [-0.15, -0.1) is 0 Å². The number of nitrogens with zero attached hydrogens (tertiary/aromatic N) is 2. The fourth-order valence-electron chi connectivity index (χ4n) is 5.61. The summed E-state index contributed by atoms with van der Waals surface area (Å²) in [5.74, 6) is 0. The minimum atomic E-state index is -2.38. The van der Waals surface area contributed by atoms with Crippen molar-refractivity contribution >= 4 is 69.4 Å². The van der Waals surface area contributed by atoms with Crippen molar-refractivity contribution in [3.63, 3.8) is 0 Å². The molecular weight excluding hydrogens is 774 g/mol. The Morgan fingerprint density at radius 2 is 1.30 bits per heavy atom. The van der Waals surface area contributed by atoms with E-state index >= 15 is 0 Å². The third-order valence-corrected chi connectivity index (χ3v) is 14.7. The molecule has 0 N–H and O–H groups in total. The summed E-state index contributed by atoms with van der Waals surface area (Å²) in [4.78, 5) is 2.24. The van der Waals surface area contributed by atoms with Gasteiger partial charge in [-0.2, -0.15) is 0 Å². The van der Waals surface area contributed by atoms with Crippen LogP contribution in [-0.2, 0) is 34.0 Å². The van der Waals surface area contributed by atoms with Gasteiger partial charge in [0.1, 0.15) is 0 Å². The van der Waals surface area contributed by atoms with Crippen molar-refractivity contribution in [1.82, 2.24) is 0 Å². The fourth-order valence-corrected chi connectivity index (χ4v) is 13.2. The predicted molar refractivity (Wildman–Crippen MR) is 188 cm³/mol. The van der Waals surface area contributed by atoms with E-state index in [0.29, 0.717) is 13.2 Å². The molecule has 4 aromatic rings. The molecule has 0 amide bonds. The summed E-state index contributed by atoms with van der Waals surface area (Å²) in [6.45, 7) is 5.35. The van der Waals surface area contributed by atoms with Gasteiger partial charge in [-0.05, 0) is 0 Å². The fraction of sp³-hybridized carbons (Fsp3) is 0.108. The first-order chi connectivity index (χ1) is 21.7. The Balaban J connectivity index is 1.69. The first-order valence-corrected chi connectivity index (χ1v) is 19.0. The van der Waals surface area contributed by atoms with Gasteiger partial charge in [0, 0.05) is 0 Å². The third kappa shape index (κ3) is 5.88. The number of hydrogen-bond acceptors (Lipinski definition) is 4. The molecule has 0 spiro atoms. The Morgan fingerprint density at radius 1 is 0.773 bits per heavy atom. The molecule has 3 aromatic carbocycles. The van der Waals surface area contributed by atoms with Gasteiger partial charge in [0.2, 0.25) is 0 Å². The van der Waals surface area contributed by atoms with Gasteiger partial charge in [0.05, 0.1) is 0 Å². The van der Waals surface area contributed by atoms with E-state index in [1.54, 1.807) is 29.3 Å². The Kier molecular flexibility index (Phi) is 9.90. The number of benzene rings is 3. The summed E-state index contributed by atoms with van der Waals surface area (Å²) in [7, 11) is -2.38. The molecule has 0 radical (unpaired) electrons. The van der Waals surface area contributed by atoms with Gasteiger partial charge < -0.3 is 0 Å². The number of fused-ring (bicyclic) bond motifs is 1. The zero-order valence-corrected chi connectivity index (χ0v) is 29.5. The van der Waals surface area contributed by atoms with Crippen LogP contribution in [0, 0.1) is 4.37 Å². The van der Waals surface area contributed by atoms with E-state index < -0.39 is 7.26 Å². The molecule has 6 rings (SSSR count). The first-order valence-electron chi connectivity index (χ1n) is 14.4. The molecular formula is C37H31N2OOsPS2+. The van der Waals surface area contributed by atoms with Crippen molar-refractivity contribution in [2.45, 2.75) is 13.8 Å². The molecule has 0 aliphatic carbocycles. The molecule has 0 saturated carbocycles. The van der Waals surface area contributed by atoms with Gasteiger partial charge >= 0.3 is 279 Å². The summed E-state index contributed by atoms with van der Waals surface area (Å²) < 4.78 is 19.0. The van der Waals surface area contributed by atoms with E-state index in [0.717, 1.165) is 26.7 Å². The Bertz CT molecular complexity index is 1850. The van der Waals surface area contributed by atoms with E-state index in [2.05, 4.69) is 147 Å². The molecule has 7 heteroatoms. The van der Waals surface area contributed by atoms with Crippen molar-refractivity contribution < 1.29 is 22.7 Å². The van der Waals surface area contributed by atoms with Gasteiger partial charge in [0.25, 0.3) is 0 Å². The molecule has 0 atom stereocenters. The van der Waals surface area contributed by atoms with E-state index in [1.165, 1.54) is 43.7 Å². The number of hydrogen-bond donors (Lipinski definition) is 0.